The lowest BCUT2D eigenvalue weighted by Gasteiger charge is -2.29. The number of nitrogens with one attached hydrogen (secondary N) is 3. The van der Waals surface area contributed by atoms with Crippen LogP contribution in [-0.4, -0.2) is 52.9 Å². The van der Waals surface area contributed by atoms with Crippen molar-refractivity contribution >= 4 is 23.2 Å². The third kappa shape index (κ3) is 5.82. The number of halogens is 2. The first-order valence-electron chi connectivity index (χ1n) is 9.61. The standard InChI is InChI=1S/C21H25ClFN3O3/c1-28-19-6-3-15(11-20(19)29-2)13-25-7-9-26(10-8-25)14-21(27)24-16-4-5-18(23)17(22)12-16/h3-6,11-12H,7-10,13-14H2,1-2H3,(H,24,27)/p+2. The van der Waals surface area contributed by atoms with Gasteiger partial charge in [0.15, 0.2) is 18.0 Å². The number of methoxy groups -OCH3 is 2. The summed E-state index contributed by atoms with van der Waals surface area (Å²) in [6.45, 7) is 5.10. The number of rotatable bonds is 7. The zero-order chi connectivity index (χ0) is 20.8. The van der Waals surface area contributed by atoms with Crippen LogP contribution >= 0.6 is 11.6 Å². The average Bonchev–Trinajstić information content (AvgIpc) is 2.72. The molecule has 0 spiro atoms. The number of ether oxygens (including phenoxy) is 2. The largest absolute Gasteiger partial charge is 0.493 e. The number of piperazine rings is 1. The fourth-order valence-corrected chi connectivity index (χ4v) is 3.78. The molecule has 6 nitrogen and oxygen atoms in total. The van der Waals surface area contributed by atoms with E-state index in [9.17, 15) is 9.18 Å². The molecular formula is C21H27ClFN3O3+2. The lowest BCUT2D eigenvalue weighted by atomic mass is 10.1. The number of hydrogen-bond acceptors (Lipinski definition) is 3. The van der Waals surface area contributed by atoms with Gasteiger partial charge in [-0.25, -0.2) is 4.39 Å². The summed E-state index contributed by atoms with van der Waals surface area (Å²) in [4.78, 5) is 15.0. The third-order valence-corrected chi connectivity index (χ3v) is 5.47. The van der Waals surface area contributed by atoms with Crippen LogP contribution in [0.2, 0.25) is 5.02 Å². The normalized spacial score (nSPS) is 18.9. The fourth-order valence-electron chi connectivity index (χ4n) is 3.60. The van der Waals surface area contributed by atoms with E-state index in [1.165, 1.54) is 33.6 Å². The average molecular weight is 424 g/mol. The van der Waals surface area contributed by atoms with E-state index in [1.807, 2.05) is 12.1 Å². The van der Waals surface area contributed by atoms with Gasteiger partial charge in [-0.2, -0.15) is 0 Å². The second kappa shape index (κ2) is 9.91. The van der Waals surface area contributed by atoms with E-state index in [2.05, 4.69) is 11.4 Å². The molecule has 8 heteroatoms. The van der Waals surface area contributed by atoms with Gasteiger partial charge in [0.25, 0.3) is 5.91 Å². The SMILES string of the molecule is COc1ccc(C[NH+]2CC[NH+](CC(=O)Nc3ccc(F)c(Cl)c3)CC2)cc1OC. The van der Waals surface area contributed by atoms with E-state index in [0.29, 0.717) is 12.2 Å². The van der Waals surface area contributed by atoms with Crippen molar-refractivity contribution in [3.05, 3.63) is 52.8 Å². The summed E-state index contributed by atoms with van der Waals surface area (Å²) in [6, 6.07) is 10.2. The Balaban J connectivity index is 1.46. The van der Waals surface area contributed by atoms with Crippen molar-refractivity contribution in [1.29, 1.82) is 0 Å². The molecule has 1 aliphatic heterocycles. The van der Waals surface area contributed by atoms with E-state index in [0.717, 1.165) is 44.2 Å². The third-order valence-electron chi connectivity index (χ3n) is 5.18. The molecule has 156 valence electrons. The van der Waals surface area contributed by atoms with Crippen LogP contribution in [0.4, 0.5) is 10.1 Å². The molecule has 0 bridgehead atoms. The van der Waals surface area contributed by atoms with Crippen LogP contribution in [0.25, 0.3) is 0 Å². The van der Waals surface area contributed by atoms with Crippen molar-refractivity contribution in [3.8, 4) is 11.5 Å². The maximum Gasteiger partial charge on any atom is 0.279 e. The number of anilines is 1. The van der Waals surface area contributed by atoms with Crippen molar-refractivity contribution in [3.63, 3.8) is 0 Å². The molecular weight excluding hydrogens is 397 g/mol. The second-order valence-corrected chi connectivity index (χ2v) is 7.63. The molecule has 3 N–H and O–H groups in total. The number of carbonyl (C=O) groups excluding carboxylic acids is 1. The lowest BCUT2D eigenvalue weighted by Crippen LogP contribution is -3.28. The summed E-state index contributed by atoms with van der Waals surface area (Å²) in [5, 5.41) is 2.79. The molecule has 1 amide bonds. The Morgan fingerprint density at radius 3 is 2.38 bits per heavy atom. The van der Waals surface area contributed by atoms with E-state index in [1.54, 1.807) is 14.2 Å². The minimum atomic E-state index is -0.496. The highest BCUT2D eigenvalue weighted by Gasteiger charge is 2.25. The molecule has 1 saturated heterocycles. The monoisotopic (exact) mass is 423 g/mol. The Morgan fingerprint density at radius 2 is 1.72 bits per heavy atom. The number of benzene rings is 2. The number of amides is 1. The molecule has 0 atom stereocenters. The van der Waals surface area contributed by atoms with E-state index in [4.69, 9.17) is 21.1 Å². The van der Waals surface area contributed by atoms with E-state index < -0.39 is 5.82 Å². The van der Waals surface area contributed by atoms with Crippen LogP contribution < -0.4 is 24.6 Å². The molecule has 0 saturated carbocycles. The molecule has 1 heterocycles. The summed E-state index contributed by atoms with van der Waals surface area (Å²) < 4.78 is 23.9. The molecule has 0 aromatic heterocycles. The second-order valence-electron chi connectivity index (χ2n) is 7.22. The molecule has 29 heavy (non-hydrogen) atoms. The van der Waals surface area contributed by atoms with Crippen molar-refractivity contribution in [1.82, 2.24) is 0 Å². The first-order valence-corrected chi connectivity index (χ1v) is 9.99. The van der Waals surface area contributed by atoms with Gasteiger partial charge in [0.2, 0.25) is 0 Å². The quantitative estimate of drug-likeness (QED) is 0.605. The molecule has 0 radical (unpaired) electrons. The van der Waals surface area contributed by atoms with Crippen LogP contribution in [-0.2, 0) is 11.3 Å². The van der Waals surface area contributed by atoms with Crippen LogP contribution in [0.3, 0.4) is 0 Å². The van der Waals surface area contributed by atoms with Crippen LogP contribution in [0.15, 0.2) is 36.4 Å². The maximum atomic E-state index is 13.2. The minimum Gasteiger partial charge on any atom is -0.493 e. The van der Waals surface area contributed by atoms with Crippen LogP contribution in [0, 0.1) is 5.82 Å². The molecule has 2 aromatic rings. The van der Waals surface area contributed by atoms with E-state index in [-0.39, 0.29) is 10.9 Å². The topological polar surface area (TPSA) is 56.4 Å². The molecule has 1 aliphatic rings. The Kier molecular flexibility index (Phi) is 7.30. The Bertz CT molecular complexity index is 857. The summed E-state index contributed by atoms with van der Waals surface area (Å²) in [6.07, 6.45) is 0. The van der Waals surface area contributed by atoms with Crippen molar-refractivity contribution in [2.24, 2.45) is 0 Å². The van der Waals surface area contributed by atoms with Crippen molar-refractivity contribution < 1.29 is 28.5 Å². The van der Waals surface area contributed by atoms with Crippen LogP contribution in [0.5, 0.6) is 11.5 Å². The van der Waals surface area contributed by atoms with Gasteiger partial charge < -0.3 is 24.6 Å². The summed E-state index contributed by atoms with van der Waals surface area (Å²) in [5.74, 6) is 0.884. The predicted molar refractivity (Wildman–Crippen MR) is 110 cm³/mol. The zero-order valence-electron chi connectivity index (χ0n) is 16.7. The van der Waals surface area contributed by atoms with Gasteiger partial charge in [-0.3, -0.25) is 4.79 Å². The van der Waals surface area contributed by atoms with Crippen LogP contribution in [0.1, 0.15) is 5.56 Å². The van der Waals surface area contributed by atoms with Crippen molar-refractivity contribution in [2.75, 3.05) is 52.3 Å². The highest BCUT2D eigenvalue weighted by Crippen LogP contribution is 2.27. The number of quaternary nitrogens is 2. The minimum absolute atomic E-state index is 0.00234. The zero-order valence-corrected chi connectivity index (χ0v) is 17.4. The first kappa shape index (κ1) is 21.4. The molecule has 3 rings (SSSR count). The Labute approximate surface area is 175 Å². The van der Waals surface area contributed by atoms with Gasteiger partial charge >= 0.3 is 0 Å². The summed E-state index contributed by atoms with van der Waals surface area (Å²) >= 11 is 5.76. The molecule has 1 fully saturated rings. The molecule has 0 unspecified atom stereocenters. The lowest BCUT2D eigenvalue weighted by molar-refractivity contribution is -1.02. The van der Waals surface area contributed by atoms with Gasteiger partial charge in [-0.05, 0) is 36.4 Å². The van der Waals surface area contributed by atoms with Gasteiger partial charge in [0.1, 0.15) is 38.5 Å². The van der Waals surface area contributed by atoms with Gasteiger partial charge in [-0.1, -0.05) is 11.6 Å². The number of carbonyl (C=O) groups is 1. The molecule has 2 aromatic carbocycles. The van der Waals surface area contributed by atoms with Gasteiger partial charge in [0.05, 0.1) is 19.2 Å². The Hall–Kier alpha value is -2.35. The molecule has 0 aliphatic carbocycles. The summed E-state index contributed by atoms with van der Waals surface area (Å²) in [5.41, 5.74) is 1.71. The fraction of sp³-hybridized carbons (Fsp3) is 0.381. The predicted octanol–water partition coefficient (Wildman–Crippen LogP) is 0.418. The van der Waals surface area contributed by atoms with Crippen molar-refractivity contribution in [2.45, 2.75) is 6.54 Å². The Morgan fingerprint density at radius 1 is 1.03 bits per heavy atom. The van der Waals surface area contributed by atoms with Gasteiger partial charge in [-0.15, -0.1) is 0 Å². The highest BCUT2D eigenvalue weighted by molar-refractivity contribution is 6.31. The van der Waals surface area contributed by atoms with E-state index >= 15 is 0 Å². The number of hydrogen-bond donors (Lipinski definition) is 3. The van der Waals surface area contributed by atoms with Gasteiger partial charge in [0, 0.05) is 11.3 Å². The highest BCUT2D eigenvalue weighted by atomic mass is 35.5. The summed E-state index contributed by atoms with van der Waals surface area (Å²) in [7, 11) is 3.27. The first-order chi connectivity index (χ1) is 14.0. The smallest absolute Gasteiger partial charge is 0.279 e. The maximum absolute atomic E-state index is 13.2.